The number of nitrogens with zero attached hydrogens (tertiary/aromatic N) is 2. The summed E-state index contributed by atoms with van der Waals surface area (Å²) >= 11 is 0.722. The van der Waals surface area contributed by atoms with E-state index in [0.717, 1.165) is 8.78 Å². The third-order valence-corrected chi connectivity index (χ3v) is 5.01. The monoisotopic (exact) mass is 458 g/mol. The largest absolute Gasteiger partial charge is 0.755 e. The maximum Gasteiger partial charge on any atom is 0.255 e. The summed E-state index contributed by atoms with van der Waals surface area (Å²) in [4.78, 5) is 23.2. The molecule has 0 saturated carbocycles. The lowest BCUT2D eigenvalue weighted by molar-refractivity contribution is 0.102. The van der Waals surface area contributed by atoms with Gasteiger partial charge in [0.05, 0.1) is 22.6 Å². The van der Waals surface area contributed by atoms with Crippen LogP contribution in [0.5, 0.6) is 0 Å². The summed E-state index contributed by atoms with van der Waals surface area (Å²) in [7, 11) is 0. The second-order valence-corrected chi connectivity index (χ2v) is 7.35. The number of hydrogen-bond donors (Lipinski definition) is 1. The van der Waals surface area contributed by atoms with Crippen molar-refractivity contribution in [3.05, 3.63) is 87.7 Å². The highest BCUT2D eigenvalue weighted by Crippen LogP contribution is 2.29. The smallest absolute Gasteiger partial charge is 0.255 e. The molecular formula is C19H13BrN3O4S-. The van der Waals surface area contributed by atoms with E-state index in [9.17, 15) is 18.5 Å². The first-order valence-corrected chi connectivity index (χ1v) is 9.80. The van der Waals surface area contributed by atoms with E-state index in [1.165, 1.54) is 18.2 Å². The Morgan fingerprint density at radius 2 is 1.71 bits per heavy atom. The van der Waals surface area contributed by atoms with Crippen LogP contribution in [0.3, 0.4) is 0 Å². The van der Waals surface area contributed by atoms with Crippen molar-refractivity contribution >= 4 is 55.9 Å². The van der Waals surface area contributed by atoms with Gasteiger partial charge in [0.2, 0.25) is 0 Å². The Morgan fingerprint density at radius 1 is 1.00 bits per heavy atom. The van der Waals surface area contributed by atoms with E-state index < -0.39 is 17.2 Å². The van der Waals surface area contributed by atoms with Gasteiger partial charge in [-0.25, -0.2) is 0 Å². The number of carbonyl (C=O) groups excluding carboxylic acids is 1. The van der Waals surface area contributed by atoms with Crippen LogP contribution < -0.4 is 9.62 Å². The average molecular weight is 459 g/mol. The minimum absolute atomic E-state index is 0.190. The van der Waals surface area contributed by atoms with Crippen LogP contribution in [0.2, 0.25) is 0 Å². The molecule has 0 radical (unpaired) electrons. The van der Waals surface area contributed by atoms with Gasteiger partial charge in [-0.15, -0.1) is 4.91 Å². The fourth-order valence-electron chi connectivity index (χ4n) is 2.51. The van der Waals surface area contributed by atoms with Crippen molar-refractivity contribution in [2.75, 3.05) is 9.62 Å². The van der Waals surface area contributed by atoms with E-state index >= 15 is 0 Å². The fraction of sp³-hybridized carbons (Fsp3) is 0. The number of halogens is 1. The summed E-state index contributed by atoms with van der Waals surface area (Å²) in [5, 5.41) is 5.49. The van der Waals surface area contributed by atoms with Crippen LogP contribution >= 0.6 is 15.9 Å². The number of nitrogens with one attached hydrogen (secondary N) is 1. The standard InChI is InChI=1S/C19H14BrN3O4S/c20-14-7-9-17(10-8-14)23(28(26)27)18-6-1-3-13(11-18)19(24)21-15-4-2-5-16(12-15)22-25/h1-12H,(H,21,24)(H,26,27)/p-1. The predicted octanol–water partition coefficient (Wildman–Crippen LogP) is 5.03. The first kappa shape index (κ1) is 19.9. The normalized spacial score (nSPS) is 11.5. The SMILES string of the molecule is O=Nc1cccc(NC(=O)c2cccc(N(c3ccc(Br)cc3)S(=O)[O-])c2)c1. The van der Waals surface area contributed by atoms with Crippen LogP contribution in [0.4, 0.5) is 22.7 Å². The molecule has 0 heterocycles. The lowest BCUT2D eigenvalue weighted by Gasteiger charge is -2.26. The average Bonchev–Trinajstić information content (AvgIpc) is 2.70. The van der Waals surface area contributed by atoms with E-state index in [-0.39, 0.29) is 11.3 Å². The highest BCUT2D eigenvalue weighted by molar-refractivity contribution is 9.10. The molecule has 1 atom stereocenters. The minimum atomic E-state index is -2.59. The number of amides is 1. The molecule has 0 aliphatic carbocycles. The van der Waals surface area contributed by atoms with E-state index in [0.29, 0.717) is 17.1 Å². The molecule has 7 nitrogen and oxygen atoms in total. The van der Waals surface area contributed by atoms with E-state index in [1.54, 1.807) is 54.6 Å². The van der Waals surface area contributed by atoms with Gasteiger partial charge in [-0.3, -0.25) is 13.3 Å². The molecule has 0 fully saturated rings. The van der Waals surface area contributed by atoms with Crippen LogP contribution in [0.15, 0.2) is 82.4 Å². The van der Waals surface area contributed by atoms with Crippen LogP contribution in [0.25, 0.3) is 0 Å². The zero-order valence-electron chi connectivity index (χ0n) is 14.2. The maximum atomic E-state index is 12.5. The number of anilines is 3. The number of hydrogen-bond acceptors (Lipinski definition) is 5. The topological polar surface area (TPSA) is 102 Å². The third kappa shape index (κ3) is 4.69. The quantitative estimate of drug-likeness (QED) is 0.413. The number of rotatable bonds is 6. The molecule has 3 aromatic rings. The van der Waals surface area contributed by atoms with Crippen LogP contribution in [0, 0.1) is 4.91 Å². The Bertz CT molecular complexity index is 1040. The Hall–Kier alpha value is -2.88. The van der Waals surface area contributed by atoms with Crippen molar-refractivity contribution in [1.82, 2.24) is 0 Å². The molecule has 0 saturated heterocycles. The van der Waals surface area contributed by atoms with Gasteiger partial charge in [-0.2, -0.15) is 0 Å². The van der Waals surface area contributed by atoms with Crippen molar-refractivity contribution in [2.24, 2.45) is 5.18 Å². The molecule has 0 aliphatic heterocycles. The first-order valence-electron chi connectivity index (χ1n) is 7.98. The van der Waals surface area contributed by atoms with Crippen molar-refractivity contribution in [3.63, 3.8) is 0 Å². The molecule has 0 bridgehead atoms. The van der Waals surface area contributed by atoms with Crippen molar-refractivity contribution in [1.29, 1.82) is 0 Å². The molecule has 0 aliphatic rings. The zero-order valence-corrected chi connectivity index (χ0v) is 16.6. The van der Waals surface area contributed by atoms with Crippen molar-refractivity contribution in [3.8, 4) is 0 Å². The Labute approximate surface area is 171 Å². The van der Waals surface area contributed by atoms with Gasteiger partial charge in [0.15, 0.2) is 0 Å². The number of nitroso groups, excluding NO2 is 1. The Kier molecular flexibility index (Phi) is 6.30. The highest BCUT2D eigenvalue weighted by Gasteiger charge is 2.14. The van der Waals surface area contributed by atoms with Crippen molar-refractivity contribution in [2.45, 2.75) is 0 Å². The molecule has 9 heteroatoms. The summed E-state index contributed by atoms with van der Waals surface area (Å²) in [5.41, 5.74) is 1.60. The summed E-state index contributed by atoms with van der Waals surface area (Å²) in [6.07, 6.45) is 0. The van der Waals surface area contributed by atoms with Crippen LogP contribution in [0.1, 0.15) is 10.4 Å². The molecule has 3 rings (SSSR count). The van der Waals surface area contributed by atoms with Gasteiger partial charge in [-0.05, 0) is 65.8 Å². The molecule has 0 aromatic heterocycles. The molecule has 1 unspecified atom stereocenters. The zero-order chi connectivity index (χ0) is 20.1. The van der Waals surface area contributed by atoms with Gasteiger partial charge < -0.3 is 9.87 Å². The number of carbonyl (C=O) groups is 1. The van der Waals surface area contributed by atoms with E-state index in [1.807, 2.05) is 0 Å². The Morgan fingerprint density at radius 3 is 2.39 bits per heavy atom. The molecule has 3 aromatic carbocycles. The van der Waals surface area contributed by atoms with Gasteiger partial charge in [0.1, 0.15) is 5.69 Å². The maximum absolute atomic E-state index is 12.5. The third-order valence-electron chi connectivity index (χ3n) is 3.76. The predicted molar refractivity (Wildman–Crippen MR) is 111 cm³/mol. The first-order chi connectivity index (χ1) is 13.5. The molecular weight excluding hydrogens is 446 g/mol. The lowest BCUT2D eigenvalue weighted by atomic mass is 10.1. The van der Waals surface area contributed by atoms with Gasteiger partial charge in [-0.1, -0.05) is 28.1 Å². The molecule has 28 heavy (non-hydrogen) atoms. The molecule has 142 valence electrons. The second-order valence-electron chi connectivity index (χ2n) is 5.63. The minimum Gasteiger partial charge on any atom is -0.755 e. The van der Waals surface area contributed by atoms with Gasteiger partial charge >= 0.3 is 0 Å². The summed E-state index contributed by atoms with van der Waals surface area (Å²) in [5.74, 6) is -0.447. The van der Waals surface area contributed by atoms with E-state index in [2.05, 4.69) is 26.4 Å². The van der Waals surface area contributed by atoms with Crippen molar-refractivity contribution < 1.29 is 13.6 Å². The molecule has 1 N–H and O–H groups in total. The molecule has 0 spiro atoms. The summed E-state index contributed by atoms with van der Waals surface area (Å²) in [6.45, 7) is 0. The summed E-state index contributed by atoms with van der Waals surface area (Å²) in [6, 6.07) is 19.1. The van der Waals surface area contributed by atoms with Gasteiger partial charge in [0, 0.05) is 15.7 Å². The second kappa shape index (κ2) is 8.87. The fourth-order valence-corrected chi connectivity index (χ4v) is 3.36. The van der Waals surface area contributed by atoms with E-state index in [4.69, 9.17) is 0 Å². The molecule has 1 amide bonds. The van der Waals surface area contributed by atoms with Gasteiger partial charge in [0.25, 0.3) is 5.91 Å². The Balaban J connectivity index is 1.89. The van der Waals surface area contributed by atoms with Crippen LogP contribution in [-0.2, 0) is 11.3 Å². The number of benzene rings is 3. The summed E-state index contributed by atoms with van der Waals surface area (Å²) < 4.78 is 25.5. The van der Waals surface area contributed by atoms with Crippen LogP contribution in [-0.4, -0.2) is 14.7 Å². The highest BCUT2D eigenvalue weighted by atomic mass is 79.9. The lowest BCUT2D eigenvalue weighted by Crippen LogP contribution is -2.20.